The van der Waals surface area contributed by atoms with Crippen molar-refractivity contribution in [1.82, 2.24) is 4.90 Å². The van der Waals surface area contributed by atoms with Crippen LogP contribution in [0.15, 0.2) is 45.6 Å². The Balaban J connectivity index is 1.63. The van der Waals surface area contributed by atoms with Gasteiger partial charge in [0.05, 0.1) is 12.2 Å². The number of likely N-dealkylation sites (tertiary alicyclic amines) is 1. The third-order valence-electron chi connectivity index (χ3n) is 3.79. The van der Waals surface area contributed by atoms with Gasteiger partial charge in [0.15, 0.2) is 0 Å². The van der Waals surface area contributed by atoms with Crippen molar-refractivity contribution in [2.45, 2.75) is 18.9 Å². The van der Waals surface area contributed by atoms with Gasteiger partial charge in [0.25, 0.3) is 0 Å². The lowest BCUT2D eigenvalue weighted by molar-refractivity contribution is -0.117. The number of anilines is 1. The first-order valence-electron chi connectivity index (χ1n) is 7.04. The summed E-state index contributed by atoms with van der Waals surface area (Å²) < 4.78 is 0.911. The molecule has 2 aromatic rings. The van der Waals surface area contributed by atoms with Crippen LogP contribution in [-0.4, -0.2) is 23.9 Å². The molecule has 0 aliphatic carbocycles. The van der Waals surface area contributed by atoms with Crippen LogP contribution in [0.5, 0.6) is 0 Å². The number of para-hydroxylation sites is 1. The number of carbonyl (C=O) groups is 1. The summed E-state index contributed by atoms with van der Waals surface area (Å²) in [5.74, 6) is 0.0454. The number of hydrogen-bond acceptors (Lipinski definition) is 3. The van der Waals surface area contributed by atoms with Crippen molar-refractivity contribution in [3.05, 3.63) is 51.1 Å². The number of amides is 1. The van der Waals surface area contributed by atoms with E-state index in [2.05, 4.69) is 43.0 Å². The molecule has 3 rings (SSSR count). The van der Waals surface area contributed by atoms with Crippen LogP contribution in [0.2, 0.25) is 0 Å². The molecule has 1 saturated heterocycles. The molecule has 1 atom stereocenters. The van der Waals surface area contributed by atoms with Gasteiger partial charge in [-0.15, -0.1) is 0 Å². The summed E-state index contributed by atoms with van der Waals surface area (Å²) in [5.41, 5.74) is 2.17. The smallest absolute Gasteiger partial charge is 0.238 e. The minimum absolute atomic E-state index is 0.0454. The van der Waals surface area contributed by atoms with E-state index in [9.17, 15) is 4.79 Å². The fourth-order valence-electron chi connectivity index (χ4n) is 2.79. The highest BCUT2D eigenvalue weighted by molar-refractivity contribution is 9.10. The normalized spacial score (nSPS) is 18.8. The Morgan fingerprint density at radius 3 is 3.00 bits per heavy atom. The Morgan fingerprint density at radius 1 is 1.38 bits per heavy atom. The average Bonchev–Trinajstić information content (AvgIpc) is 3.11. The molecule has 1 aliphatic heterocycles. The lowest BCUT2D eigenvalue weighted by atomic mass is 10.1. The first kappa shape index (κ1) is 14.8. The molecule has 1 fully saturated rings. The van der Waals surface area contributed by atoms with Crippen molar-refractivity contribution in [3.63, 3.8) is 0 Å². The van der Waals surface area contributed by atoms with Crippen LogP contribution in [0.4, 0.5) is 5.69 Å². The molecule has 1 N–H and O–H groups in total. The van der Waals surface area contributed by atoms with Crippen molar-refractivity contribution >= 4 is 38.9 Å². The van der Waals surface area contributed by atoms with Gasteiger partial charge in [-0.05, 0) is 69.8 Å². The van der Waals surface area contributed by atoms with Crippen molar-refractivity contribution in [2.24, 2.45) is 0 Å². The summed E-state index contributed by atoms with van der Waals surface area (Å²) >= 11 is 5.17. The lowest BCUT2D eigenvalue weighted by Crippen LogP contribution is -2.32. The zero-order chi connectivity index (χ0) is 14.7. The van der Waals surface area contributed by atoms with E-state index < -0.39 is 0 Å². The van der Waals surface area contributed by atoms with Gasteiger partial charge in [-0.2, -0.15) is 11.3 Å². The predicted molar refractivity (Wildman–Crippen MR) is 90.6 cm³/mol. The highest BCUT2D eigenvalue weighted by atomic mass is 79.9. The third kappa shape index (κ3) is 3.54. The Morgan fingerprint density at radius 2 is 2.24 bits per heavy atom. The molecule has 2 heterocycles. The molecule has 5 heteroatoms. The third-order valence-corrected chi connectivity index (χ3v) is 5.18. The average molecular weight is 365 g/mol. The maximum Gasteiger partial charge on any atom is 0.238 e. The highest BCUT2D eigenvalue weighted by Gasteiger charge is 2.27. The van der Waals surface area contributed by atoms with Crippen LogP contribution in [0.1, 0.15) is 24.4 Å². The first-order valence-corrected chi connectivity index (χ1v) is 8.78. The van der Waals surface area contributed by atoms with Gasteiger partial charge in [0, 0.05) is 10.5 Å². The summed E-state index contributed by atoms with van der Waals surface area (Å²) in [6.45, 7) is 1.44. The van der Waals surface area contributed by atoms with Gasteiger partial charge in [-0.3, -0.25) is 9.69 Å². The standard InChI is InChI=1S/C16H17BrN2OS/c17-13-4-1-2-5-14(13)18-16(20)10-19-8-3-6-15(19)12-7-9-21-11-12/h1-2,4-5,7,9,11,15H,3,6,8,10H2,(H,18,20)/t15-/m0/s1. The number of benzene rings is 1. The second kappa shape index (κ2) is 6.73. The molecule has 0 spiro atoms. The maximum absolute atomic E-state index is 12.3. The van der Waals surface area contributed by atoms with Gasteiger partial charge >= 0.3 is 0 Å². The second-order valence-electron chi connectivity index (χ2n) is 5.21. The number of carbonyl (C=O) groups excluding carboxylic acids is 1. The molecular formula is C16H17BrN2OS. The van der Waals surface area contributed by atoms with Crippen LogP contribution in [-0.2, 0) is 4.79 Å². The van der Waals surface area contributed by atoms with E-state index in [0.717, 1.165) is 29.5 Å². The van der Waals surface area contributed by atoms with E-state index in [1.807, 2.05) is 24.3 Å². The van der Waals surface area contributed by atoms with Crippen molar-refractivity contribution in [2.75, 3.05) is 18.4 Å². The van der Waals surface area contributed by atoms with Crippen LogP contribution in [0.25, 0.3) is 0 Å². The summed E-state index contributed by atoms with van der Waals surface area (Å²) in [4.78, 5) is 14.5. The molecule has 1 aromatic heterocycles. The zero-order valence-electron chi connectivity index (χ0n) is 11.6. The molecule has 3 nitrogen and oxygen atoms in total. The fraction of sp³-hybridized carbons (Fsp3) is 0.312. The lowest BCUT2D eigenvalue weighted by Gasteiger charge is -2.23. The fourth-order valence-corrected chi connectivity index (χ4v) is 3.89. The molecular weight excluding hydrogens is 348 g/mol. The number of nitrogens with one attached hydrogen (secondary N) is 1. The Bertz CT molecular complexity index is 614. The van der Waals surface area contributed by atoms with E-state index in [1.165, 1.54) is 5.56 Å². The first-order chi connectivity index (χ1) is 10.2. The number of nitrogens with zero attached hydrogens (tertiary/aromatic N) is 1. The minimum atomic E-state index is 0.0454. The summed E-state index contributed by atoms with van der Waals surface area (Å²) in [6.07, 6.45) is 2.29. The molecule has 0 bridgehead atoms. The van der Waals surface area contributed by atoms with E-state index in [0.29, 0.717) is 12.6 Å². The van der Waals surface area contributed by atoms with Crippen molar-refractivity contribution in [1.29, 1.82) is 0 Å². The van der Waals surface area contributed by atoms with Crippen LogP contribution >= 0.6 is 27.3 Å². The second-order valence-corrected chi connectivity index (χ2v) is 6.85. The molecule has 1 amide bonds. The minimum Gasteiger partial charge on any atom is -0.324 e. The van der Waals surface area contributed by atoms with Crippen LogP contribution in [0.3, 0.4) is 0 Å². The van der Waals surface area contributed by atoms with Gasteiger partial charge in [-0.1, -0.05) is 12.1 Å². The SMILES string of the molecule is O=C(CN1CCC[C@H]1c1ccsc1)Nc1ccccc1Br. The van der Waals surface area contributed by atoms with Gasteiger partial charge < -0.3 is 5.32 Å². The van der Waals surface area contributed by atoms with Crippen LogP contribution in [0, 0.1) is 0 Å². The quantitative estimate of drug-likeness (QED) is 0.877. The molecule has 21 heavy (non-hydrogen) atoms. The Kier molecular flexibility index (Phi) is 4.73. The monoisotopic (exact) mass is 364 g/mol. The molecule has 0 unspecified atom stereocenters. The van der Waals surface area contributed by atoms with Crippen molar-refractivity contribution < 1.29 is 4.79 Å². The highest BCUT2D eigenvalue weighted by Crippen LogP contribution is 2.32. The molecule has 1 aromatic carbocycles. The Labute approximate surface area is 137 Å². The predicted octanol–water partition coefficient (Wildman–Crippen LogP) is 4.29. The number of hydrogen-bond donors (Lipinski definition) is 1. The van der Waals surface area contributed by atoms with E-state index >= 15 is 0 Å². The maximum atomic E-state index is 12.3. The van der Waals surface area contributed by atoms with Gasteiger partial charge in [0.2, 0.25) is 5.91 Å². The van der Waals surface area contributed by atoms with Gasteiger partial charge in [0.1, 0.15) is 0 Å². The molecule has 1 aliphatic rings. The van der Waals surface area contributed by atoms with Gasteiger partial charge in [-0.25, -0.2) is 0 Å². The summed E-state index contributed by atoms with van der Waals surface area (Å²) in [5, 5.41) is 7.27. The number of rotatable bonds is 4. The zero-order valence-corrected chi connectivity index (χ0v) is 14.0. The van der Waals surface area contributed by atoms with Crippen LogP contribution < -0.4 is 5.32 Å². The topological polar surface area (TPSA) is 32.3 Å². The number of thiophene rings is 1. The van der Waals surface area contributed by atoms with Crippen molar-refractivity contribution in [3.8, 4) is 0 Å². The molecule has 0 radical (unpaired) electrons. The summed E-state index contributed by atoms with van der Waals surface area (Å²) in [6, 6.07) is 10.2. The molecule has 0 saturated carbocycles. The summed E-state index contributed by atoms with van der Waals surface area (Å²) in [7, 11) is 0. The van der Waals surface area contributed by atoms with E-state index in [1.54, 1.807) is 11.3 Å². The van der Waals surface area contributed by atoms with E-state index in [-0.39, 0.29) is 5.91 Å². The number of halogens is 1. The van der Waals surface area contributed by atoms with E-state index in [4.69, 9.17) is 0 Å². The largest absolute Gasteiger partial charge is 0.324 e. The Hall–Kier alpha value is -1.17. The molecule has 110 valence electrons.